The highest BCUT2D eigenvalue weighted by molar-refractivity contribution is 7.12. The van der Waals surface area contributed by atoms with Crippen molar-refractivity contribution in [3.05, 3.63) is 21.4 Å². The van der Waals surface area contributed by atoms with Crippen molar-refractivity contribution in [2.45, 2.75) is 58.5 Å². The minimum Gasteiger partial charge on any atom is -0.352 e. The number of rotatable bonds is 5. The minimum absolute atomic E-state index is 0.0199. The van der Waals surface area contributed by atoms with Crippen LogP contribution in [0.25, 0.3) is 0 Å². The molecule has 0 saturated carbocycles. The molecule has 21 heavy (non-hydrogen) atoms. The Morgan fingerprint density at radius 2 is 2.14 bits per heavy atom. The van der Waals surface area contributed by atoms with E-state index in [1.807, 2.05) is 19.9 Å². The van der Waals surface area contributed by atoms with Gasteiger partial charge in [0.1, 0.15) is 0 Å². The van der Waals surface area contributed by atoms with Gasteiger partial charge in [0, 0.05) is 40.2 Å². The number of ketones is 1. The number of amides is 1. The normalized spacial score (nSPS) is 22.0. The first kappa shape index (κ1) is 16.2. The maximum atomic E-state index is 12.2. The van der Waals surface area contributed by atoms with Gasteiger partial charge in [-0.05, 0) is 46.2 Å². The molecule has 1 fully saturated rings. The number of Topliss-reactive ketones (excluding diaryl/α,β-unsaturated/α-hetero) is 1. The molecule has 5 heteroatoms. The lowest BCUT2D eigenvalue weighted by molar-refractivity contribution is -0.122. The van der Waals surface area contributed by atoms with Crippen molar-refractivity contribution in [1.82, 2.24) is 10.6 Å². The van der Waals surface area contributed by atoms with Gasteiger partial charge < -0.3 is 10.6 Å². The Hall–Kier alpha value is -1.20. The standard InChI is InChI=1S/C16H24N2O2S/c1-10-9-13(12(3)21-10)15(19)6-7-16(20)18-14-5-4-8-17-11(14)2/h9,11,14,17H,4-8H2,1-3H3,(H,18,20). The van der Waals surface area contributed by atoms with E-state index < -0.39 is 0 Å². The third-order valence-electron chi connectivity index (χ3n) is 4.03. The number of nitrogens with one attached hydrogen (secondary N) is 2. The van der Waals surface area contributed by atoms with Crippen LogP contribution in [0.3, 0.4) is 0 Å². The van der Waals surface area contributed by atoms with Gasteiger partial charge in [-0.2, -0.15) is 0 Å². The number of hydrogen-bond donors (Lipinski definition) is 2. The van der Waals surface area contributed by atoms with Gasteiger partial charge in [0.15, 0.2) is 5.78 Å². The lowest BCUT2D eigenvalue weighted by atomic mass is 9.99. The van der Waals surface area contributed by atoms with E-state index >= 15 is 0 Å². The maximum absolute atomic E-state index is 12.2. The Bertz CT molecular complexity index is 524. The van der Waals surface area contributed by atoms with Crippen LogP contribution in [-0.4, -0.2) is 30.3 Å². The third kappa shape index (κ3) is 4.38. The molecule has 0 radical (unpaired) electrons. The highest BCUT2D eigenvalue weighted by Gasteiger charge is 2.22. The predicted octanol–water partition coefficient (Wildman–Crippen LogP) is 2.58. The molecule has 2 unspecified atom stereocenters. The number of piperidine rings is 1. The van der Waals surface area contributed by atoms with Crippen LogP contribution in [0.4, 0.5) is 0 Å². The van der Waals surface area contributed by atoms with E-state index in [9.17, 15) is 9.59 Å². The summed E-state index contributed by atoms with van der Waals surface area (Å²) in [5.74, 6) is 0.0512. The quantitative estimate of drug-likeness (QED) is 0.822. The lowest BCUT2D eigenvalue weighted by Crippen LogP contribution is -2.51. The zero-order valence-corrected chi connectivity index (χ0v) is 13.8. The summed E-state index contributed by atoms with van der Waals surface area (Å²) >= 11 is 1.63. The van der Waals surface area contributed by atoms with E-state index in [0.717, 1.165) is 34.7 Å². The van der Waals surface area contributed by atoms with Crippen molar-refractivity contribution in [1.29, 1.82) is 0 Å². The van der Waals surface area contributed by atoms with Crippen molar-refractivity contribution < 1.29 is 9.59 Å². The molecule has 1 saturated heterocycles. The molecule has 1 aliphatic heterocycles. The molecule has 1 aromatic rings. The Kier molecular flexibility index (Phi) is 5.53. The second kappa shape index (κ2) is 7.18. The van der Waals surface area contributed by atoms with Crippen LogP contribution in [-0.2, 0) is 4.79 Å². The van der Waals surface area contributed by atoms with Gasteiger partial charge in [-0.15, -0.1) is 11.3 Å². The molecule has 1 amide bonds. The van der Waals surface area contributed by atoms with E-state index in [4.69, 9.17) is 0 Å². The molecule has 1 aromatic heterocycles. The van der Waals surface area contributed by atoms with Crippen LogP contribution >= 0.6 is 11.3 Å². The second-order valence-corrected chi connectivity index (χ2v) is 7.27. The van der Waals surface area contributed by atoms with Crippen molar-refractivity contribution >= 4 is 23.0 Å². The molecular formula is C16H24N2O2S. The summed E-state index contributed by atoms with van der Waals surface area (Å²) in [5.41, 5.74) is 0.776. The number of thiophene rings is 1. The lowest BCUT2D eigenvalue weighted by Gasteiger charge is -2.30. The monoisotopic (exact) mass is 308 g/mol. The predicted molar refractivity (Wildman–Crippen MR) is 86.0 cm³/mol. The Morgan fingerprint density at radius 3 is 2.76 bits per heavy atom. The number of carbonyl (C=O) groups is 2. The Balaban J connectivity index is 1.81. The third-order valence-corrected chi connectivity index (χ3v) is 4.99. The molecule has 0 aliphatic carbocycles. The number of hydrogen-bond acceptors (Lipinski definition) is 4. The largest absolute Gasteiger partial charge is 0.352 e. The van der Waals surface area contributed by atoms with Crippen LogP contribution in [0.5, 0.6) is 0 Å². The van der Waals surface area contributed by atoms with Crippen LogP contribution in [0, 0.1) is 13.8 Å². The highest BCUT2D eigenvalue weighted by Crippen LogP contribution is 2.22. The molecule has 2 N–H and O–H groups in total. The van der Waals surface area contributed by atoms with Crippen molar-refractivity contribution in [3.63, 3.8) is 0 Å². The van der Waals surface area contributed by atoms with Crippen LogP contribution in [0.15, 0.2) is 6.07 Å². The van der Waals surface area contributed by atoms with Gasteiger partial charge in [0.05, 0.1) is 0 Å². The molecule has 0 bridgehead atoms. The van der Waals surface area contributed by atoms with Crippen LogP contribution in [0.1, 0.15) is 52.7 Å². The molecule has 4 nitrogen and oxygen atoms in total. The summed E-state index contributed by atoms with van der Waals surface area (Å²) in [5, 5.41) is 6.40. The fraction of sp³-hybridized carbons (Fsp3) is 0.625. The highest BCUT2D eigenvalue weighted by atomic mass is 32.1. The first-order valence-electron chi connectivity index (χ1n) is 7.60. The topological polar surface area (TPSA) is 58.2 Å². The molecule has 2 atom stereocenters. The van der Waals surface area contributed by atoms with Gasteiger partial charge in [0.25, 0.3) is 0 Å². The van der Waals surface area contributed by atoms with Crippen molar-refractivity contribution in [2.75, 3.05) is 6.54 Å². The summed E-state index contributed by atoms with van der Waals surface area (Å²) in [6, 6.07) is 2.42. The fourth-order valence-corrected chi connectivity index (χ4v) is 3.73. The van der Waals surface area contributed by atoms with Gasteiger partial charge in [-0.1, -0.05) is 0 Å². The first-order chi connectivity index (χ1) is 9.97. The summed E-state index contributed by atoms with van der Waals surface area (Å²) in [7, 11) is 0. The Labute approximate surface area is 130 Å². The van der Waals surface area contributed by atoms with E-state index in [0.29, 0.717) is 6.04 Å². The Morgan fingerprint density at radius 1 is 1.38 bits per heavy atom. The zero-order chi connectivity index (χ0) is 15.4. The van der Waals surface area contributed by atoms with E-state index in [1.165, 1.54) is 0 Å². The summed E-state index contributed by atoms with van der Waals surface area (Å²) < 4.78 is 0. The molecule has 1 aliphatic rings. The average Bonchev–Trinajstić information content (AvgIpc) is 2.78. The fourth-order valence-electron chi connectivity index (χ4n) is 2.79. The molecule has 0 aromatic carbocycles. The zero-order valence-electron chi connectivity index (χ0n) is 13.0. The van der Waals surface area contributed by atoms with Gasteiger partial charge in [-0.25, -0.2) is 0 Å². The van der Waals surface area contributed by atoms with Crippen LogP contribution < -0.4 is 10.6 Å². The van der Waals surface area contributed by atoms with Crippen LogP contribution in [0.2, 0.25) is 0 Å². The molecule has 2 heterocycles. The molecule has 2 rings (SSSR count). The smallest absolute Gasteiger partial charge is 0.220 e. The SMILES string of the molecule is Cc1cc(C(=O)CCC(=O)NC2CCCNC2C)c(C)s1. The minimum atomic E-state index is -0.0199. The van der Waals surface area contributed by atoms with E-state index in [2.05, 4.69) is 17.6 Å². The van der Waals surface area contributed by atoms with Crippen molar-refractivity contribution in [2.24, 2.45) is 0 Å². The van der Waals surface area contributed by atoms with Gasteiger partial charge >= 0.3 is 0 Å². The summed E-state index contributed by atoms with van der Waals surface area (Å²) in [4.78, 5) is 26.3. The van der Waals surface area contributed by atoms with Crippen molar-refractivity contribution in [3.8, 4) is 0 Å². The summed E-state index contributed by atoms with van der Waals surface area (Å²) in [6.45, 7) is 7.06. The first-order valence-corrected chi connectivity index (χ1v) is 8.42. The van der Waals surface area contributed by atoms with E-state index in [-0.39, 0.29) is 30.6 Å². The number of aryl methyl sites for hydroxylation is 2. The van der Waals surface area contributed by atoms with E-state index in [1.54, 1.807) is 11.3 Å². The van der Waals surface area contributed by atoms with Gasteiger partial charge in [0.2, 0.25) is 5.91 Å². The molecule has 0 spiro atoms. The second-order valence-electron chi connectivity index (χ2n) is 5.81. The maximum Gasteiger partial charge on any atom is 0.220 e. The molecule has 116 valence electrons. The summed E-state index contributed by atoms with van der Waals surface area (Å²) in [6.07, 6.45) is 2.66. The number of carbonyl (C=O) groups excluding carboxylic acids is 2. The average molecular weight is 308 g/mol. The molecular weight excluding hydrogens is 284 g/mol. The van der Waals surface area contributed by atoms with Gasteiger partial charge in [-0.3, -0.25) is 9.59 Å².